The first-order chi connectivity index (χ1) is 15.3. The molecule has 32 heavy (non-hydrogen) atoms. The summed E-state index contributed by atoms with van der Waals surface area (Å²) in [5, 5.41) is 5.13. The van der Waals surface area contributed by atoms with Crippen molar-refractivity contribution in [3.8, 4) is 0 Å². The van der Waals surface area contributed by atoms with Crippen LogP contribution < -0.4 is 10.6 Å². The highest BCUT2D eigenvalue weighted by atomic mass is 16.5. The van der Waals surface area contributed by atoms with Crippen LogP contribution in [-0.2, 0) is 38.6 Å². The van der Waals surface area contributed by atoms with E-state index in [1.54, 1.807) is 13.8 Å². The second-order valence-electron chi connectivity index (χ2n) is 8.10. The second kappa shape index (κ2) is 10.7. The number of fused-ring (bicyclic) bond motifs is 2. The van der Waals surface area contributed by atoms with Gasteiger partial charge in [-0.1, -0.05) is 44.2 Å². The third-order valence-electron chi connectivity index (χ3n) is 5.22. The van der Waals surface area contributed by atoms with Crippen LogP contribution in [0.15, 0.2) is 41.0 Å². The lowest BCUT2D eigenvalue weighted by Gasteiger charge is -2.23. The number of ether oxygens (including phenoxy) is 1. The first-order valence-electron chi connectivity index (χ1n) is 10.6. The number of hydrogen-bond donors (Lipinski definition) is 2. The number of benzene rings is 1. The fourth-order valence-electron chi connectivity index (χ4n) is 3.50. The summed E-state index contributed by atoms with van der Waals surface area (Å²) in [7, 11) is 0. The minimum Gasteiger partial charge on any atom is -0.449 e. The van der Waals surface area contributed by atoms with Gasteiger partial charge in [0.05, 0.1) is 11.7 Å². The van der Waals surface area contributed by atoms with E-state index in [-0.39, 0.29) is 37.7 Å². The molecule has 2 atom stereocenters. The van der Waals surface area contributed by atoms with Gasteiger partial charge in [-0.05, 0) is 11.5 Å². The number of Topliss-reactive ketones (excluding diaryl/α,β-unsaturated/α-hetero) is 2. The molecule has 3 rings (SSSR count). The van der Waals surface area contributed by atoms with Gasteiger partial charge in [0, 0.05) is 31.7 Å². The highest BCUT2D eigenvalue weighted by molar-refractivity contribution is 6.37. The molecule has 1 aromatic carbocycles. The van der Waals surface area contributed by atoms with Crippen molar-refractivity contribution >= 4 is 23.6 Å². The molecule has 0 fully saturated rings. The molecule has 1 aliphatic heterocycles. The van der Waals surface area contributed by atoms with Gasteiger partial charge in [0.15, 0.2) is 11.7 Å². The molecule has 2 aromatic rings. The van der Waals surface area contributed by atoms with Gasteiger partial charge < -0.3 is 19.8 Å². The SMILES string of the molecule is CC(C)C(NC(=O)OCc1ccccc1)C(=O)CC1Cc2coc(n2)CCNC(=O)C1=O. The molecule has 170 valence electrons. The van der Waals surface area contributed by atoms with Crippen molar-refractivity contribution in [2.45, 2.75) is 45.8 Å². The van der Waals surface area contributed by atoms with Gasteiger partial charge in [0.25, 0.3) is 5.91 Å². The van der Waals surface area contributed by atoms with Crippen LogP contribution in [0.2, 0.25) is 0 Å². The normalized spacial score (nSPS) is 17.4. The third-order valence-corrected chi connectivity index (χ3v) is 5.22. The summed E-state index contributed by atoms with van der Waals surface area (Å²) < 4.78 is 10.6. The van der Waals surface area contributed by atoms with E-state index in [4.69, 9.17) is 9.15 Å². The van der Waals surface area contributed by atoms with Gasteiger partial charge in [0.1, 0.15) is 12.9 Å². The molecule has 0 aliphatic carbocycles. The molecular weight excluding hydrogens is 414 g/mol. The number of nitrogens with one attached hydrogen (secondary N) is 2. The van der Waals surface area contributed by atoms with E-state index in [1.807, 2.05) is 30.3 Å². The van der Waals surface area contributed by atoms with Crippen molar-refractivity contribution in [3.63, 3.8) is 0 Å². The summed E-state index contributed by atoms with van der Waals surface area (Å²) in [6, 6.07) is 8.31. The van der Waals surface area contributed by atoms with E-state index in [9.17, 15) is 19.2 Å². The average molecular weight is 441 g/mol. The van der Waals surface area contributed by atoms with Gasteiger partial charge >= 0.3 is 6.09 Å². The molecule has 0 saturated carbocycles. The van der Waals surface area contributed by atoms with Crippen LogP contribution >= 0.6 is 0 Å². The molecule has 9 nitrogen and oxygen atoms in total. The van der Waals surface area contributed by atoms with Crippen molar-refractivity contribution in [2.75, 3.05) is 6.54 Å². The minimum atomic E-state index is -0.901. The van der Waals surface area contributed by atoms with Crippen molar-refractivity contribution < 1.29 is 28.3 Å². The summed E-state index contributed by atoms with van der Waals surface area (Å²) in [6.45, 7) is 3.85. The van der Waals surface area contributed by atoms with E-state index in [2.05, 4.69) is 15.6 Å². The van der Waals surface area contributed by atoms with Gasteiger partial charge in [-0.15, -0.1) is 0 Å². The number of rotatable bonds is 7. The lowest BCUT2D eigenvalue weighted by molar-refractivity contribution is -0.141. The Balaban J connectivity index is 1.65. The lowest BCUT2D eigenvalue weighted by Crippen LogP contribution is -2.46. The molecule has 9 heteroatoms. The average Bonchev–Trinajstić information content (AvgIpc) is 3.21. The minimum absolute atomic E-state index is 0.0709. The Bertz CT molecular complexity index is 969. The lowest BCUT2D eigenvalue weighted by atomic mass is 9.87. The summed E-state index contributed by atoms with van der Waals surface area (Å²) in [4.78, 5) is 54.5. The molecule has 2 bridgehead atoms. The van der Waals surface area contributed by atoms with E-state index in [0.717, 1.165) is 5.56 Å². The van der Waals surface area contributed by atoms with E-state index < -0.39 is 29.7 Å². The Morgan fingerprint density at radius 1 is 1.25 bits per heavy atom. The van der Waals surface area contributed by atoms with Crippen molar-refractivity contribution in [1.82, 2.24) is 15.6 Å². The number of carbonyl (C=O) groups is 4. The Labute approximate surface area is 185 Å². The van der Waals surface area contributed by atoms with Crippen molar-refractivity contribution in [1.29, 1.82) is 0 Å². The molecule has 2 amide bonds. The van der Waals surface area contributed by atoms with Crippen LogP contribution in [0.4, 0.5) is 4.79 Å². The number of carbonyl (C=O) groups excluding carboxylic acids is 4. The Kier molecular flexibility index (Phi) is 7.75. The first-order valence-corrected chi connectivity index (χ1v) is 10.6. The smallest absolute Gasteiger partial charge is 0.408 e. The molecule has 0 spiro atoms. The quantitative estimate of drug-likeness (QED) is 0.629. The Hall–Kier alpha value is -3.49. The van der Waals surface area contributed by atoms with E-state index in [0.29, 0.717) is 18.0 Å². The predicted molar refractivity (Wildman–Crippen MR) is 113 cm³/mol. The van der Waals surface area contributed by atoms with E-state index >= 15 is 0 Å². The summed E-state index contributed by atoms with van der Waals surface area (Å²) in [5.41, 5.74) is 1.33. The number of ketones is 2. The van der Waals surface area contributed by atoms with Crippen molar-refractivity contribution in [2.24, 2.45) is 11.8 Å². The van der Waals surface area contributed by atoms with Crippen LogP contribution in [0, 0.1) is 11.8 Å². The standard InChI is InChI=1S/C23H27N3O6/c1-14(2)20(26-23(30)32-12-15-6-4-3-5-7-15)18(27)11-16-10-17-13-31-19(25-17)8-9-24-22(29)21(16)28/h3-7,13-14,16,20H,8-12H2,1-2H3,(H,24,29)(H,26,30). The maximum Gasteiger partial charge on any atom is 0.408 e. The monoisotopic (exact) mass is 441 g/mol. The van der Waals surface area contributed by atoms with Gasteiger partial charge in [-0.2, -0.15) is 0 Å². The number of aromatic nitrogens is 1. The van der Waals surface area contributed by atoms with Crippen LogP contribution in [0.5, 0.6) is 0 Å². The highest BCUT2D eigenvalue weighted by Crippen LogP contribution is 2.18. The van der Waals surface area contributed by atoms with Crippen LogP contribution in [0.1, 0.15) is 37.4 Å². The zero-order valence-electron chi connectivity index (χ0n) is 18.1. The van der Waals surface area contributed by atoms with Crippen LogP contribution in [-0.4, -0.2) is 41.1 Å². The van der Waals surface area contributed by atoms with Gasteiger partial charge in [-0.25, -0.2) is 9.78 Å². The zero-order chi connectivity index (χ0) is 23.1. The highest BCUT2D eigenvalue weighted by Gasteiger charge is 2.33. The molecule has 2 unspecified atom stereocenters. The molecule has 2 N–H and O–H groups in total. The maximum atomic E-state index is 13.0. The fraction of sp³-hybridized carbons (Fsp3) is 0.435. The molecule has 1 aliphatic rings. The molecule has 0 radical (unpaired) electrons. The molecule has 2 heterocycles. The number of nitrogens with zero attached hydrogens (tertiary/aromatic N) is 1. The molecular formula is C23H27N3O6. The Morgan fingerprint density at radius 3 is 2.72 bits per heavy atom. The van der Waals surface area contributed by atoms with Gasteiger partial charge in [0.2, 0.25) is 5.78 Å². The van der Waals surface area contributed by atoms with E-state index in [1.165, 1.54) is 6.26 Å². The fourth-order valence-corrected chi connectivity index (χ4v) is 3.50. The molecule has 1 aromatic heterocycles. The number of amides is 2. The zero-order valence-corrected chi connectivity index (χ0v) is 18.1. The first kappa shape index (κ1) is 23.2. The number of oxazole rings is 1. The third kappa shape index (κ3) is 6.26. The molecule has 0 saturated heterocycles. The summed E-state index contributed by atoms with van der Waals surface area (Å²) in [6.07, 6.45) is 0.986. The van der Waals surface area contributed by atoms with Crippen LogP contribution in [0.3, 0.4) is 0 Å². The predicted octanol–water partition coefficient (Wildman–Crippen LogP) is 1.98. The number of hydrogen-bond acceptors (Lipinski definition) is 7. The summed E-state index contributed by atoms with van der Waals surface area (Å²) >= 11 is 0. The summed E-state index contributed by atoms with van der Waals surface area (Å²) in [5.74, 6) is -2.46. The maximum absolute atomic E-state index is 13.0. The Morgan fingerprint density at radius 2 is 2.00 bits per heavy atom. The van der Waals surface area contributed by atoms with Crippen LogP contribution in [0.25, 0.3) is 0 Å². The topological polar surface area (TPSA) is 128 Å². The number of alkyl carbamates (subject to hydrolysis) is 1. The largest absolute Gasteiger partial charge is 0.449 e. The second-order valence-corrected chi connectivity index (χ2v) is 8.10. The van der Waals surface area contributed by atoms with Crippen molar-refractivity contribution in [3.05, 3.63) is 53.7 Å². The van der Waals surface area contributed by atoms with Gasteiger partial charge in [-0.3, -0.25) is 14.4 Å².